The van der Waals surface area contributed by atoms with E-state index >= 15 is 0 Å². The van der Waals surface area contributed by atoms with Crippen LogP contribution in [0.3, 0.4) is 0 Å². The number of aliphatic hydroxyl groups is 1. The highest BCUT2D eigenvalue weighted by atomic mass is 16.5. The minimum Gasteiger partial charge on any atom is -0.461 e. The van der Waals surface area contributed by atoms with Crippen LogP contribution >= 0.6 is 0 Å². The van der Waals surface area contributed by atoms with Gasteiger partial charge < -0.3 is 14.8 Å². The molecule has 0 aliphatic carbocycles. The Balaban J connectivity index is 2.72. The Labute approximate surface area is 98.3 Å². The van der Waals surface area contributed by atoms with E-state index in [2.05, 4.69) is 20.3 Å². The van der Waals surface area contributed by atoms with Gasteiger partial charge in [-0.05, 0) is 6.92 Å². The first-order valence-electron chi connectivity index (χ1n) is 5.13. The van der Waals surface area contributed by atoms with Gasteiger partial charge in [-0.25, -0.2) is 9.78 Å². The van der Waals surface area contributed by atoms with Crippen LogP contribution in [0.4, 0.5) is 5.82 Å². The molecule has 1 aromatic heterocycles. The lowest BCUT2D eigenvalue weighted by molar-refractivity contribution is 0.0521. The molecule has 8 nitrogen and oxygen atoms in total. The number of likely N-dealkylation sites (N-methyl/N-ethyl adjacent to an activating group) is 1. The number of carbonyl (C=O) groups excluding carboxylic acids is 1. The second-order valence-electron chi connectivity index (χ2n) is 3.12. The third kappa shape index (κ3) is 3.83. The van der Waals surface area contributed by atoms with E-state index in [1.807, 2.05) is 0 Å². The Morgan fingerprint density at radius 2 is 2.47 bits per heavy atom. The smallest absolute Gasteiger partial charge is 0.358 e. The summed E-state index contributed by atoms with van der Waals surface area (Å²) in [6, 6.07) is 0. The standard InChI is InChI=1S/C9H15N5O3/c1-3-17-9(16)7-8(11-6-10-7)12-13-14(2)4-5-15/h6,15H,3-5H2,1-2H3,(H,10,11)/b13-12+. The van der Waals surface area contributed by atoms with Gasteiger partial charge in [0.25, 0.3) is 0 Å². The van der Waals surface area contributed by atoms with Gasteiger partial charge in [0.1, 0.15) is 0 Å². The van der Waals surface area contributed by atoms with Crippen molar-refractivity contribution in [1.29, 1.82) is 0 Å². The fourth-order valence-electron chi connectivity index (χ4n) is 1.02. The van der Waals surface area contributed by atoms with Gasteiger partial charge in [0.05, 0.1) is 26.1 Å². The molecule has 0 saturated carbocycles. The number of aromatic nitrogens is 2. The normalized spacial score (nSPS) is 10.8. The summed E-state index contributed by atoms with van der Waals surface area (Å²) >= 11 is 0. The summed E-state index contributed by atoms with van der Waals surface area (Å²) in [5.41, 5.74) is 0.160. The Morgan fingerprint density at radius 1 is 1.71 bits per heavy atom. The van der Waals surface area contributed by atoms with Gasteiger partial charge in [-0.1, -0.05) is 5.22 Å². The lowest BCUT2D eigenvalue weighted by Crippen LogP contribution is -2.14. The zero-order chi connectivity index (χ0) is 12.7. The van der Waals surface area contributed by atoms with E-state index in [0.717, 1.165) is 0 Å². The first kappa shape index (κ1) is 13.1. The fourth-order valence-corrected chi connectivity index (χ4v) is 1.02. The van der Waals surface area contributed by atoms with Crippen molar-refractivity contribution in [2.45, 2.75) is 6.92 Å². The summed E-state index contributed by atoms with van der Waals surface area (Å²) in [5, 5.41) is 17.7. The zero-order valence-electron chi connectivity index (χ0n) is 9.75. The number of H-pyrrole nitrogens is 1. The van der Waals surface area contributed by atoms with Crippen LogP contribution in [-0.4, -0.2) is 52.9 Å². The number of ether oxygens (including phenoxy) is 1. The highest BCUT2D eigenvalue weighted by Gasteiger charge is 2.15. The summed E-state index contributed by atoms with van der Waals surface area (Å²) in [6.45, 7) is 2.31. The molecule has 1 aromatic rings. The molecule has 0 spiro atoms. The number of carbonyl (C=O) groups is 1. The largest absolute Gasteiger partial charge is 0.461 e. The molecule has 8 heteroatoms. The van der Waals surface area contributed by atoms with Gasteiger partial charge in [-0.15, -0.1) is 5.11 Å². The number of nitrogens with zero attached hydrogens (tertiary/aromatic N) is 4. The Bertz CT molecular complexity index is 390. The highest BCUT2D eigenvalue weighted by Crippen LogP contribution is 2.15. The van der Waals surface area contributed by atoms with E-state index in [0.29, 0.717) is 6.54 Å². The fraction of sp³-hybridized carbons (Fsp3) is 0.556. The molecule has 0 saturated heterocycles. The molecule has 0 atom stereocenters. The highest BCUT2D eigenvalue weighted by molar-refractivity contribution is 5.91. The Hall–Kier alpha value is -1.96. The number of aliphatic hydroxyl groups excluding tert-OH is 1. The molecule has 0 bridgehead atoms. The van der Waals surface area contributed by atoms with E-state index in [1.165, 1.54) is 11.3 Å². The van der Waals surface area contributed by atoms with Gasteiger partial charge in [-0.3, -0.25) is 5.01 Å². The average Bonchev–Trinajstić information content (AvgIpc) is 2.75. The second-order valence-corrected chi connectivity index (χ2v) is 3.12. The van der Waals surface area contributed by atoms with Crippen molar-refractivity contribution in [2.75, 3.05) is 26.8 Å². The number of hydrogen-bond donors (Lipinski definition) is 2. The topological polar surface area (TPSA) is 103 Å². The molecule has 2 N–H and O–H groups in total. The van der Waals surface area contributed by atoms with E-state index in [9.17, 15) is 4.79 Å². The third-order valence-electron chi connectivity index (χ3n) is 1.81. The van der Waals surface area contributed by atoms with E-state index in [1.54, 1.807) is 14.0 Å². The van der Waals surface area contributed by atoms with Crippen LogP contribution in [0.5, 0.6) is 0 Å². The molecule has 0 aromatic carbocycles. The maximum Gasteiger partial charge on any atom is 0.358 e. The zero-order valence-corrected chi connectivity index (χ0v) is 9.75. The molecule has 0 fully saturated rings. The van der Waals surface area contributed by atoms with Crippen molar-refractivity contribution >= 4 is 11.8 Å². The number of hydrogen-bond acceptors (Lipinski definition) is 6. The van der Waals surface area contributed by atoms with Crippen LogP contribution in [0.15, 0.2) is 16.7 Å². The monoisotopic (exact) mass is 241 g/mol. The van der Waals surface area contributed by atoms with E-state index < -0.39 is 5.97 Å². The van der Waals surface area contributed by atoms with E-state index in [-0.39, 0.29) is 24.7 Å². The minimum absolute atomic E-state index is 0.0270. The molecule has 94 valence electrons. The number of esters is 1. The number of nitrogens with one attached hydrogen (secondary N) is 1. The summed E-state index contributed by atoms with van der Waals surface area (Å²) in [6.07, 6.45) is 1.34. The number of imidazole rings is 1. The molecule has 1 rings (SSSR count). The SMILES string of the molecule is CCOC(=O)c1[nH]cnc1/N=N/N(C)CCO. The van der Waals surface area contributed by atoms with Crippen LogP contribution in [0.2, 0.25) is 0 Å². The number of aromatic amines is 1. The lowest BCUT2D eigenvalue weighted by Gasteiger charge is -2.07. The van der Waals surface area contributed by atoms with Crippen molar-refractivity contribution in [2.24, 2.45) is 10.3 Å². The van der Waals surface area contributed by atoms with E-state index in [4.69, 9.17) is 9.84 Å². The molecule has 17 heavy (non-hydrogen) atoms. The van der Waals surface area contributed by atoms with Crippen LogP contribution in [0, 0.1) is 0 Å². The van der Waals surface area contributed by atoms with Crippen molar-refractivity contribution in [3.8, 4) is 0 Å². The summed E-state index contributed by atoms with van der Waals surface area (Å²) in [5.74, 6) is -0.364. The van der Waals surface area contributed by atoms with Gasteiger partial charge in [0, 0.05) is 7.05 Å². The first-order valence-corrected chi connectivity index (χ1v) is 5.13. The molecular formula is C9H15N5O3. The second kappa shape index (κ2) is 6.59. The summed E-state index contributed by atoms with van der Waals surface area (Å²) in [7, 11) is 1.65. The van der Waals surface area contributed by atoms with Crippen LogP contribution in [-0.2, 0) is 4.74 Å². The predicted molar refractivity (Wildman–Crippen MR) is 58.8 cm³/mol. The maximum absolute atomic E-state index is 11.4. The van der Waals surface area contributed by atoms with Gasteiger partial charge in [0.2, 0.25) is 5.82 Å². The molecule has 1 heterocycles. The van der Waals surface area contributed by atoms with Gasteiger partial charge in [0.15, 0.2) is 5.69 Å². The van der Waals surface area contributed by atoms with Crippen LogP contribution in [0.25, 0.3) is 0 Å². The van der Waals surface area contributed by atoms with Gasteiger partial charge in [-0.2, -0.15) is 0 Å². The molecular weight excluding hydrogens is 226 g/mol. The first-order chi connectivity index (χ1) is 8.19. The lowest BCUT2D eigenvalue weighted by atomic mass is 10.4. The maximum atomic E-state index is 11.4. The third-order valence-corrected chi connectivity index (χ3v) is 1.81. The van der Waals surface area contributed by atoms with Gasteiger partial charge >= 0.3 is 5.97 Å². The van der Waals surface area contributed by atoms with Crippen molar-refractivity contribution in [3.05, 3.63) is 12.0 Å². The summed E-state index contributed by atoms with van der Waals surface area (Å²) < 4.78 is 4.82. The minimum atomic E-state index is -0.524. The summed E-state index contributed by atoms with van der Waals surface area (Å²) in [4.78, 5) is 17.9. The number of rotatable bonds is 6. The molecule has 0 unspecified atom stereocenters. The quantitative estimate of drug-likeness (QED) is 0.429. The molecule has 0 amide bonds. The molecule has 0 aliphatic rings. The molecule has 0 radical (unpaired) electrons. The predicted octanol–water partition coefficient (Wildman–Crippen LogP) is 0.509. The Morgan fingerprint density at radius 3 is 3.12 bits per heavy atom. The van der Waals surface area contributed by atoms with Crippen molar-refractivity contribution < 1.29 is 14.6 Å². The van der Waals surface area contributed by atoms with Crippen LogP contribution in [0.1, 0.15) is 17.4 Å². The Kier molecular flexibility index (Phi) is 5.08. The van der Waals surface area contributed by atoms with Crippen molar-refractivity contribution in [3.63, 3.8) is 0 Å². The van der Waals surface area contributed by atoms with Crippen LogP contribution < -0.4 is 0 Å². The van der Waals surface area contributed by atoms with Crippen molar-refractivity contribution in [1.82, 2.24) is 15.0 Å². The average molecular weight is 241 g/mol. The molecule has 0 aliphatic heterocycles.